The number of nitrogens with one attached hydrogen (secondary N) is 1. The summed E-state index contributed by atoms with van der Waals surface area (Å²) in [5.41, 5.74) is 10.1. The van der Waals surface area contributed by atoms with E-state index < -0.39 is 5.25 Å². The number of nitrogens with zero attached hydrogens (tertiary/aromatic N) is 1. The van der Waals surface area contributed by atoms with Crippen LogP contribution in [0.1, 0.15) is 44.1 Å². The van der Waals surface area contributed by atoms with E-state index in [9.17, 15) is 9.59 Å². The smallest absolute Gasteiger partial charge is 0.341 e. The summed E-state index contributed by atoms with van der Waals surface area (Å²) in [6, 6.07) is 27.5. The minimum Gasteiger partial charge on any atom is -0.462 e. The van der Waals surface area contributed by atoms with E-state index in [2.05, 4.69) is 22.3 Å². The summed E-state index contributed by atoms with van der Waals surface area (Å²) in [4.78, 5) is 31.3. The van der Waals surface area contributed by atoms with Crippen molar-refractivity contribution in [1.29, 1.82) is 0 Å². The van der Waals surface area contributed by atoms with E-state index in [1.54, 1.807) is 6.92 Å². The van der Waals surface area contributed by atoms with Crippen LogP contribution in [0, 0.1) is 0 Å². The predicted octanol–water partition coefficient (Wildman–Crippen LogP) is 6.54. The Balaban J connectivity index is 1.42. The van der Waals surface area contributed by atoms with Crippen molar-refractivity contribution in [3.8, 4) is 0 Å². The summed E-state index contributed by atoms with van der Waals surface area (Å²) >= 11 is 2.93. The molecule has 3 aromatic carbocycles. The zero-order valence-corrected chi connectivity index (χ0v) is 23.4. The predicted molar refractivity (Wildman–Crippen MR) is 159 cm³/mol. The van der Waals surface area contributed by atoms with Gasteiger partial charge in [-0.15, -0.1) is 23.1 Å². The van der Waals surface area contributed by atoms with Gasteiger partial charge < -0.3 is 15.8 Å². The molecule has 6 nitrogen and oxygen atoms in total. The molecule has 4 aromatic rings. The van der Waals surface area contributed by atoms with Crippen LogP contribution in [0.25, 0.3) is 0 Å². The number of nitrogens with two attached hydrogens (primary N) is 1. The van der Waals surface area contributed by atoms with Crippen molar-refractivity contribution in [3.05, 3.63) is 112 Å². The standard InChI is InChI=1S/C31H31N3O3S2/c1-2-37-31(36)27-25-17-18-34(19-21-9-5-3-6-10-21)20-26(25)39-30(27)33-29(35)28(22-11-7-4-8-12-22)38-24-15-13-23(32)14-16-24/h3-16,28H,2,17-20,32H2,1H3,(H,33,35). The number of benzene rings is 3. The fourth-order valence-electron chi connectivity index (χ4n) is 4.70. The lowest BCUT2D eigenvalue weighted by atomic mass is 10.0. The third-order valence-corrected chi connectivity index (χ3v) is 8.97. The van der Waals surface area contributed by atoms with E-state index >= 15 is 0 Å². The summed E-state index contributed by atoms with van der Waals surface area (Å²) in [5, 5.41) is 3.16. The molecule has 5 rings (SSSR count). The highest BCUT2D eigenvalue weighted by molar-refractivity contribution is 8.00. The molecule has 0 aliphatic carbocycles. The fourth-order valence-corrected chi connectivity index (χ4v) is 7.01. The zero-order valence-electron chi connectivity index (χ0n) is 21.8. The van der Waals surface area contributed by atoms with E-state index in [1.807, 2.05) is 72.8 Å². The molecule has 1 aromatic heterocycles. The number of hydrogen-bond donors (Lipinski definition) is 2. The molecule has 39 heavy (non-hydrogen) atoms. The number of nitrogen functional groups attached to an aromatic ring is 1. The van der Waals surface area contributed by atoms with Crippen molar-refractivity contribution in [2.75, 3.05) is 24.2 Å². The summed E-state index contributed by atoms with van der Waals surface area (Å²) in [5.74, 6) is -0.572. The Morgan fingerprint density at radius 3 is 2.41 bits per heavy atom. The molecule has 1 aliphatic heterocycles. The fraction of sp³-hybridized carbons (Fsp3) is 0.226. The van der Waals surface area contributed by atoms with E-state index in [4.69, 9.17) is 10.5 Å². The maximum absolute atomic E-state index is 13.8. The Hall–Kier alpha value is -3.59. The van der Waals surface area contributed by atoms with Gasteiger partial charge in [-0.3, -0.25) is 9.69 Å². The second kappa shape index (κ2) is 12.5. The Labute approximate surface area is 237 Å². The first-order chi connectivity index (χ1) is 19.0. The van der Waals surface area contributed by atoms with Crippen LogP contribution >= 0.6 is 23.1 Å². The molecule has 0 fully saturated rings. The van der Waals surface area contributed by atoms with Crippen molar-refractivity contribution in [2.24, 2.45) is 0 Å². The SMILES string of the molecule is CCOC(=O)c1c(NC(=O)C(Sc2ccc(N)cc2)c2ccccc2)sc2c1CCN(Cc1ccccc1)C2. The zero-order chi connectivity index (χ0) is 27.2. The van der Waals surface area contributed by atoms with Gasteiger partial charge in [0.15, 0.2) is 0 Å². The van der Waals surface area contributed by atoms with E-state index in [0.717, 1.165) is 47.0 Å². The number of ether oxygens (including phenoxy) is 1. The van der Waals surface area contributed by atoms with Crippen LogP contribution in [0.5, 0.6) is 0 Å². The summed E-state index contributed by atoms with van der Waals surface area (Å²) in [7, 11) is 0. The largest absolute Gasteiger partial charge is 0.462 e. The van der Waals surface area contributed by atoms with Crippen molar-refractivity contribution in [1.82, 2.24) is 4.90 Å². The van der Waals surface area contributed by atoms with Gasteiger partial charge in [-0.1, -0.05) is 60.7 Å². The van der Waals surface area contributed by atoms with Gasteiger partial charge in [0.05, 0.1) is 12.2 Å². The Kier molecular flexibility index (Phi) is 8.66. The molecule has 0 radical (unpaired) electrons. The van der Waals surface area contributed by atoms with Crippen LogP contribution in [-0.2, 0) is 29.0 Å². The number of carbonyl (C=O) groups excluding carboxylic acids is 2. The number of amides is 1. The van der Waals surface area contributed by atoms with Crippen LogP contribution in [0.2, 0.25) is 0 Å². The third kappa shape index (κ3) is 6.53. The molecule has 0 saturated heterocycles. The van der Waals surface area contributed by atoms with Crippen LogP contribution in [-0.4, -0.2) is 29.9 Å². The lowest BCUT2D eigenvalue weighted by molar-refractivity contribution is -0.115. The minimum absolute atomic E-state index is 0.187. The lowest BCUT2D eigenvalue weighted by Gasteiger charge is -2.27. The number of carbonyl (C=O) groups is 2. The first-order valence-electron chi connectivity index (χ1n) is 13.0. The number of anilines is 2. The van der Waals surface area contributed by atoms with Crippen LogP contribution in [0.3, 0.4) is 0 Å². The Bertz CT molecular complexity index is 1420. The summed E-state index contributed by atoms with van der Waals surface area (Å²) < 4.78 is 5.43. The van der Waals surface area contributed by atoms with E-state index in [1.165, 1.54) is 28.7 Å². The number of thioether (sulfide) groups is 1. The first kappa shape index (κ1) is 27.0. The highest BCUT2D eigenvalue weighted by atomic mass is 32.2. The lowest BCUT2D eigenvalue weighted by Crippen LogP contribution is -2.30. The van der Waals surface area contributed by atoms with Crippen molar-refractivity contribution < 1.29 is 14.3 Å². The van der Waals surface area contributed by atoms with Crippen molar-refractivity contribution in [3.63, 3.8) is 0 Å². The minimum atomic E-state index is -0.515. The number of fused-ring (bicyclic) bond motifs is 1. The molecule has 3 N–H and O–H groups in total. The average molecular weight is 558 g/mol. The maximum Gasteiger partial charge on any atom is 0.341 e. The number of esters is 1. The van der Waals surface area contributed by atoms with Crippen molar-refractivity contribution in [2.45, 2.75) is 36.6 Å². The molecule has 1 aliphatic rings. The van der Waals surface area contributed by atoms with E-state index in [-0.39, 0.29) is 18.5 Å². The highest BCUT2D eigenvalue weighted by Gasteiger charge is 2.31. The van der Waals surface area contributed by atoms with Gasteiger partial charge in [-0.25, -0.2) is 4.79 Å². The molecular weight excluding hydrogens is 526 g/mol. The molecular formula is C31H31N3O3S2. The normalized spacial score (nSPS) is 13.9. The molecule has 0 spiro atoms. The Morgan fingerprint density at radius 2 is 1.72 bits per heavy atom. The maximum atomic E-state index is 13.8. The van der Waals surface area contributed by atoms with E-state index in [0.29, 0.717) is 16.3 Å². The van der Waals surface area contributed by atoms with Gasteiger partial charge >= 0.3 is 5.97 Å². The van der Waals surface area contributed by atoms with Crippen LogP contribution < -0.4 is 11.1 Å². The molecule has 200 valence electrons. The molecule has 0 bridgehead atoms. The molecule has 1 atom stereocenters. The number of rotatable bonds is 9. The van der Waals surface area contributed by atoms with Gasteiger partial charge in [0.1, 0.15) is 10.3 Å². The highest BCUT2D eigenvalue weighted by Crippen LogP contribution is 2.41. The van der Waals surface area contributed by atoms with Gasteiger partial charge in [-0.2, -0.15) is 0 Å². The van der Waals surface area contributed by atoms with Gasteiger partial charge in [-0.05, 0) is 54.3 Å². The summed E-state index contributed by atoms with van der Waals surface area (Å²) in [6.45, 7) is 4.46. The second-order valence-corrected chi connectivity index (χ2v) is 11.6. The van der Waals surface area contributed by atoms with Crippen molar-refractivity contribution >= 4 is 45.7 Å². The molecule has 8 heteroatoms. The first-order valence-corrected chi connectivity index (χ1v) is 14.7. The van der Waals surface area contributed by atoms with Gasteiger partial charge in [0.25, 0.3) is 0 Å². The molecule has 0 saturated carbocycles. The monoisotopic (exact) mass is 557 g/mol. The number of hydrogen-bond acceptors (Lipinski definition) is 7. The number of thiophene rings is 1. The van der Waals surface area contributed by atoms with Crippen LogP contribution in [0.4, 0.5) is 10.7 Å². The summed E-state index contributed by atoms with van der Waals surface area (Å²) in [6.07, 6.45) is 0.727. The second-order valence-electron chi connectivity index (χ2n) is 9.34. The van der Waals surface area contributed by atoms with Crippen LogP contribution in [0.15, 0.2) is 89.8 Å². The Morgan fingerprint density at radius 1 is 1.03 bits per heavy atom. The van der Waals surface area contributed by atoms with Gasteiger partial charge in [0, 0.05) is 35.1 Å². The molecule has 2 heterocycles. The quantitative estimate of drug-likeness (QED) is 0.138. The molecule has 1 unspecified atom stereocenters. The molecule has 1 amide bonds. The van der Waals surface area contributed by atoms with Gasteiger partial charge in [0.2, 0.25) is 5.91 Å². The third-order valence-electron chi connectivity index (χ3n) is 6.58. The average Bonchev–Trinajstić information content (AvgIpc) is 3.30. The topological polar surface area (TPSA) is 84.7 Å².